The van der Waals surface area contributed by atoms with E-state index in [1.807, 2.05) is 0 Å². The molecule has 1 amide bonds. The van der Waals surface area contributed by atoms with Crippen molar-refractivity contribution in [3.63, 3.8) is 0 Å². The minimum atomic E-state index is -0.754. The van der Waals surface area contributed by atoms with Gasteiger partial charge in [0.25, 0.3) is 5.91 Å². The van der Waals surface area contributed by atoms with Gasteiger partial charge in [0.05, 0.1) is 13.2 Å². The number of carbonyl (C=O) groups is 1. The number of halogens is 2. The van der Waals surface area contributed by atoms with Crippen molar-refractivity contribution in [2.75, 3.05) is 13.2 Å². The van der Waals surface area contributed by atoms with Gasteiger partial charge in [0.2, 0.25) is 0 Å². The second-order valence-corrected chi connectivity index (χ2v) is 5.51. The van der Waals surface area contributed by atoms with E-state index in [9.17, 15) is 13.6 Å². The van der Waals surface area contributed by atoms with Crippen LogP contribution in [0, 0.1) is 11.6 Å². The molecular formula is C15H17F2NO3. The number of carbonyl (C=O) groups excluding carboxylic acids is 1. The van der Waals surface area contributed by atoms with Crippen LogP contribution < -0.4 is 5.32 Å². The normalized spacial score (nSPS) is 21.6. The maximum Gasteiger partial charge on any atom is 0.251 e. The summed E-state index contributed by atoms with van der Waals surface area (Å²) in [5.74, 6) is -2.44. The molecule has 2 aliphatic rings. The maximum atomic E-state index is 13.1. The van der Waals surface area contributed by atoms with Gasteiger partial charge in [0, 0.05) is 30.5 Å². The summed E-state index contributed by atoms with van der Waals surface area (Å²) >= 11 is 0. The highest BCUT2D eigenvalue weighted by atomic mass is 19.1. The fourth-order valence-corrected chi connectivity index (χ4v) is 2.94. The largest absolute Gasteiger partial charge is 0.349 e. The predicted octanol–water partition coefficient (Wildman–Crippen LogP) is 2.38. The van der Waals surface area contributed by atoms with Crippen molar-refractivity contribution in [3.8, 4) is 0 Å². The Balaban J connectivity index is 1.58. The lowest BCUT2D eigenvalue weighted by Gasteiger charge is -2.35. The van der Waals surface area contributed by atoms with Gasteiger partial charge >= 0.3 is 0 Å². The van der Waals surface area contributed by atoms with E-state index in [4.69, 9.17) is 9.47 Å². The van der Waals surface area contributed by atoms with Crippen LogP contribution in [0.15, 0.2) is 18.2 Å². The Morgan fingerprint density at radius 2 is 1.67 bits per heavy atom. The molecule has 6 heteroatoms. The molecule has 1 aliphatic carbocycles. The quantitative estimate of drug-likeness (QED) is 0.911. The van der Waals surface area contributed by atoms with Gasteiger partial charge in [-0.25, -0.2) is 8.78 Å². The van der Waals surface area contributed by atoms with Crippen LogP contribution in [0.4, 0.5) is 8.78 Å². The molecule has 1 saturated heterocycles. The van der Waals surface area contributed by atoms with Gasteiger partial charge in [-0.3, -0.25) is 4.79 Å². The Morgan fingerprint density at radius 3 is 2.24 bits per heavy atom. The Labute approximate surface area is 121 Å². The minimum Gasteiger partial charge on any atom is -0.349 e. The van der Waals surface area contributed by atoms with E-state index in [1.54, 1.807) is 0 Å². The van der Waals surface area contributed by atoms with Crippen LogP contribution in [0.25, 0.3) is 0 Å². The van der Waals surface area contributed by atoms with Crippen molar-refractivity contribution in [2.45, 2.75) is 37.5 Å². The standard InChI is InChI=1S/C15H17F2NO3/c16-11-7-10(8-12(17)9-11)14(19)18-13-1-3-15(4-2-13)20-5-6-21-15/h7-9,13H,1-6H2,(H,18,19). The number of benzene rings is 1. The summed E-state index contributed by atoms with van der Waals surface area (Å²) in [6.07, 6.45) is 2.89. The molecular weight excluding hydrogens is 280 g/mol. The van der Waals surface area contributed by atoms with Crippen molar-refractivity contribution >= 4 is 5.91 Å². The molecule has 4 nitrogen and oxygen atoms in total. The van der Waals surface area contributed by atoms with Gasteiger partial charge in [-0.05, 0) is 25.0 Å². The number of ether oxygens (including phenoxy) is 2. The minimum absolute atomic E-state index is 0.00107. The number of nitrogens with one attached hydrogen (secondary N) is 1. The predicted molar refractivity (Wildman–Crippen MR) is 70.7 cm³/mol. The molecule has 1 aliphatic heterocycles. The molecule has 1 N–H and O–H groups in total. The number of hydrogen-bond donors (Lipinski definition) is 1. The van der Waals surface area contributed by atoms with Crippen molar-refractivity contribution in [3.05, 3.63) is 35.4 Å². The van der Waals surface area contributed by atoms with Gasteiger partial charge in [-0.1, -0.05) is 0 Å². The average molecular weight is 297 g/mol. The highest BCUT2D eigenvalue weighted by Crippen LogP contribution is 2.35. The first-order chi connectivity index (χ1) is 10.1. The van der Waals surface area contributed by atoms with Gasteiger partial charge < -0.3 is 14.8 Å². The first kappa shape index (κ1) is 14.4. The van der Waals surface area contributed by atoms with E-state index in [0.717, 1.165) is 43.9 Å². The average Bonchev–Trinajstić information content (AvgIpc) is 2.89. The summed E-state index contributed by atoms with van der Waals surface area (Å²) in [5.41, 5.74) is 0.00107. The van der Waals surface area contributed by atoms with E-state index in [2.05, 4.69) is 5.32 Å². The summed E-state index contributed by atoms with van der Waals surface area (Å²) in [4.78, 5) is 12.0. The first-order valence-corrected chi connectivity index (χ1v) is 7.11. The number of rotatable bonds is 2. The monoisotopic (exact) mass is 297 g/mol. The summed E-state index contributed by atoms with van der Waals surface area (Å²) in [6.45, 7) is 1.22. The second-order valence-electron chi connectivity index (χ2n) is 5.51. The molecule has 0 bridgehead atoms. The summed E-state index contributed by atoms with van der Waals surface area (Å²) < 4.78 is 37.5. The summed E-state index contributed by atoms with van der Waals surface area (Å²) in [7, 11) is 0. The summed E-state index contributed by atoms with van der Waals surface area (Å²) in [6, 6.07) is 2.79. The molecule has 21 heavy (non-hydrogen) atoms. The fraction of sp³-hybridized carbons (Fsp3) is 0.533. The zero-order chi connectivity index (χ0) is 14.9. The molecule has 1 aromatic rings. The lowest BCUT2D eigenvalue weighted by atomic mass is 9.90. The molecule has 1 heterocycles. The first-order valence-electron chi connectivity index (χ1n) is 7.11. The van der Waals surface area contributed by atoms with Crippen LogP contribution in [-0.4, -0.2) is 30.9 Å². The van der Waals surface area contributed by atoms with Crippen molar-refractivity contribution in [1.82, 2.24) is 5.32 Å². The van der Waals surface area contributed by atoms with Crippen LogP contribution in [-0.2, 0) is 9.47 Å². The van der Waals surface area contributed by atoms with Crippen molar-refractivity contribution < 1.29 is 23.0 Å². The Bertz CT molecular complexity index is 513. The van der Waals surface area contributed by atoms with E-state index in [1.165, 1.54) is 0 Å². The van der Waals surface area contributed by atoms with Crippen LogP contribution >= 0.6 is 0 Å². The van der Waals surface area contributed by atoms with Crippen LogP contribution in [0.3, 0.4) is 0 Å². The Kier molecular flexibility index (Phi) is 3.91. The Hall–Kier alpha value is -1.53. The third-order valence-corrected chi connectivity index (χ3v) is 4.02. The zero-order valence-corrected chi connectivity index (χ0v) is 11.5. The van der Waals surface area contributed by atoms with Crippen molar-refractivity contribution in [2.24, 2.45) is 0 Å². The van der Waals surface area contributed by atoms with Gasteiger partial charge in [0.1, 0.15) is 11.6 Å². The second kappa shape index (κ2) is 5.69. The fourth-order valence-electron chi connectivity index (χ4n) is 2.94. The molecule has 0 radical (unpaired) electrons. The Morgan fingerprint density at radius 1 is 1.10 bits per heavy atom. The molecule has 0 unspecified atom stereocenters. The molecule has 0 atom stereocenters. The molecule has 0 aromatic heterocycles. The van der Waals surface area contributed by atoms with Gasteiger partial charge in [0.15, 0.2) is 5.79 Å². The van der Waals surface area contributed by atoms with Gasteiger partial charge in [-0.15, -0.1) is 0 Å². The molecule has 2 fully saturated rings. The molecule has 114 valence electrons. The third kappa shape index (κ3) is 3.22. The van der Waals surface area contributed by atoms with Crippen LogP contribution in [0.2, 0.25) is 0 Å². The lowest BCUT2D eigenvalue weighted by molar-refractivity contribution is -0.179. The zero-order valence-electron chi connectivity index (χ0n) is 11.5. The SMILES string of the molecule is O=C(NC1CCC2(CC1)OCCO2)c1cc(F)cc(F)c1. The van der Waals surface area contributed by atoms with E-state index in [0.29, 0.717) is 13.2 Å². The maximum absolute atomic E-state index is 13.1. The topological polar surface area (TPSA) is 47.6 Å². The molecule has 1 saturated carbocycles. The van der Waals surface area contributed by atoms with E-state index < -0.39 is 23.3 Å². The third-order valence-electron chi connectivity index (χ3n) is 4.02. The molecule has 1 aromatic carbocycles. The van der Waals surface area contributed by atoms with Gasteiger partial charge in [-0.2, -0.15) is 0 Å². The van der Waals surface area contributed by atoms with E-state index >= 15 is 0 Å². The molecule has 1 spiro atoms. The highest BCUT2D eigenvalue weighted by Gasteiger charge is 2.40. The van der Waals surface area contributed by atoms with Crippen LogP contribution in [0.5, 0.6) is 0 Å². The highest BCUT2D eigenvalue weighted by molar-refractivity contribution is 5.94. The smallest absolute Gasteiger partial charge is 0.251 e. The van der Waals surface area contributed by atoms with Crippen LogP contribution in [0.1, 0.15) is 36.0 Å². The summed E-state index contributed by atoms with van der Waals surface area (Å²) in [5, 5.41) is 2.81. The number of amides is 1. The molecule has 3 rings (SSSR count). The van der Waals surface area contributed by atoms with E-state index in [-0.39, 0.29) is 11.6 Å². The van der Waals surface area contributed by atoms with Crippen molar-refractivity contribution in [1.29, 1.82) is 0 Å². The number of hydrogen-bond acceptors (Lipinski definition) is 3. The lowest BCUT2D eigenvalue weighted by Crippen LogP contribution is -2.44.